The van der Waals surface area contributed by atoms with Crippen LogP contribution in [0.2, 0.25) is 0 Å². The molecule has 2 amide bonds. The molecular formula is C19H22N4O2. The third-order valence-corrected chi connectivity index (χ3v) is 5.27. The Morgan fingerprint density at radius 2 is 1.80 bits per heavy atom. The first-order valence-corrected chi connectivity index (χ1v) is 8.75. The van der Waals surface area contributed by atoms with Crippen LogP contribution in [-0.2, 0) is 6.54 Å². The van der Waals surface area contributed by atoms with Gasteiger partial charge in [-0.15, -0.1) is 0 Å². The zero-order chi connectivity index (χ0) is 17.6. The first-order valence-electron chi connectivity index (χ1n) is 8.75. The molecule has 130 valence electrons. The van der Waals surface area contributed by atoms with E-state index in [1.165, 1.54) is 0 Å². The number of nitrogens with zero attached hydrogens (tertiary/aromatic N) is 4. The minimum Gasteiger partial charge on any atom is -0.338 e. The van der Waals surface area contributed by atoms with Crippen LogP contribution in [0.25, 0.3) is 0 Å². The molecule has 6 nitrogen and oxygen atoms in total. The fraction of sp³-hybridized carbons (Fsp3) is 0.421. The summed E-state index contributed by atoms with van der Waals surface area (Å²) in [6, 6.07) is 7.91. The number of rotatable bonds is 2. The smallest absolute Gasteiger partial charge is 0.330 e. The Kier molecular flexibility index (Phi) is 3.82. The van der Waals surface area contributed by atoms with Crippen molar-refractivity contribution >= 4 is 11.9 Å². The molecule has 0 aliphatic carbocycles. The van der Waals surface area contributed by atoms with Crippen molar-refractivity contribution in [2.24, 2.45) is 0 Å². The second-order valence-electron chi connectivity index (χ2n) is 6.93. The van der Waals surface area contributed by atoms with Crippen LogP contribution >= 0.6 is 0 Å². The molecule has 25 heavy (non-hydrogen) atoms. The van der Waals surface area contributed by atoms with Gasteiger partial charge >= 0.3 is 6.03 Å². The van der Waals surface area contributed by atoms with Crippen molar-refractivity contribution in [2.45, 2.75) is 39.3 Å². The van der Waals surface area contributed by atoms with E-state index in [-0.39, 0.29) is 18.0 Å². The van der Waals surface area contributed by atoms with Gasteiger partial charge in [-0.25, -0.2) is 9.78 Å². The summed E-state index contributed by atoms with van der Waals surface area (Å²) in [6.07, 6.45) is 3.42. The zero-order valence-corrected chi connectivity index (χ0v) is 14.6. The first kappa shape index (κ1) is 15.9. The number of likely N-dealkylation sites (tertiary alicyclic amines) is 1. The van der Waals surface area contributed by atoms with Crippen LogP contribution in [-0.4, -0.2) is 50.4 Å². The van der Waals surface area contributed by atoms with Crippen molar-refractivity contribution in [1.82, 2.24) is 19.4 Å². The van der Waals surface area contributed by atoms with Crippen molar-refractivity contribution < 1.29 is 9.59 Å². The lowest BCUT2D eigenvalue weighted by Gasteiger charge is -2.36. The molecule has 1 aromatic carbocycles. The standard InChI is InChI=1S/C19H22N4O2/c1-13-3-5-15(6-4-13)18(24)21-9-7-16(8-10-21)22-12-17-11-20-14(2)23(17)19(22)25/h3-6,11,16H,7-10,12H2,1-2H3. The van der Waals surface area contributed by atoms with E-state index in [9.17, 15) is 9.59 Å². The molecule has 4 rings (SSSR count). The number of carbonyl (C=O) groups is 2. The SMILES string of the molecule is Cc1ccc(C(=O)N2CCC(N3Cc4cnc(C)n4C3=O)CC2)cc1. The first-order chi connectivity index (χ1) is 12.0. The zero-order valence-electron chi connectivity index (χ0n) is 14.6. The summed E-state index contributed by atoms with van der Waals surface area (Å²) in [5.41, 5.74) is 2.84. The molecule has 1 fully saturated rings. The summed E-state index contributed by atoms with van der Waals surface area (Å²) < 4.78 is 1.70. The highest BCUT2D eigenvalue weighted by Crippen LogP contribution is 2.26. The molecule has 0 spiro atoms. The molecular weight excluding hydrogens is 316 g/mol. The van der Waals surface area contributed by atoms with Gasteiger partial charge < -0.3 is 9.80 Å². The lowest BCUT2D eigenvalue weighted by Crippen LogP contribution is -2.47. The van der Waals surface area contributed by atoms with E-state index in [4.69, 9.17) is 0 Å². The van der Waals surface area contributed by atoms with Crippen molar-refractivity contribution in [2.75, 3.05) is 13.1 Å². The van der Waals surface area contributed by atoms with Crippen molar-refractivity contribution in [1.29, 1.82) is 0 Å². The Morgan fingerprint density at radius 1 is 1.12 bits per heavy atom. The van der Waals surface area contributed by atoms with Gasteiger partial charge in [0.25, 0.3) is 5.91 Å². The average molecular weight is 338 g/mol. The molecule has 6 heteroatoms. The fourth-order valence-corrected chi connectivity index (χ4v) is 3.78. The van der Waals surface area contributed by atoms with Gasteiger partial charge in [-0.1, -0.05) is 17.7 Å². The highest BCUT2D eigenvalue weighted by Gasteiger charge is 2.36. The highest BCUT2D eigenvalue weighted by molar-refractivity contribution is 5.94. The molecule has 1 saturated heterocycles. The molecule has 0 radical (unpaired) electrons. The quantitative estimate of drug-likeness (QED) is 0.846. The summed E-state index contributed by atoms with van der Waals surface area (Å²) >= 11 is 0. The van der Waals surface area contributed by atoms with E-state index >= 15 is 0 Å². The van der Waals surface area contributed by atoms with Crippen LogP contribution in [0.1, 0.15) is 40.3 Å². The second kappa shape index (κ2) is 6.02. The van der Waals surface area contributed by atoms with Gasteiger partial charge in [0.2, 0.25) is 0 Å². The average Bonchev–Trinajstić information content (AvgIpc) is 3.15. The van der Waals surface area contributed by atoms with Gasteiger partial charge in [-0.2, -0.15) is 0 Å². The second-order valence-corrected chi connectivity index (χ2v) is 6.93. The summed E-state index contributed by atoms with van der Waals surface area (Å²) in [4.78, 5) is 33.3. The summed E-state index contributed by atoms with van der Waals surface area (Å²) in [5.74, 6) is 0.826. The fourth-order valence-electron chi connectivity index (χ4n) is 3.78. The maximum absolute atomic E-state index is 12.6. The summed E-state index contributed by atoms with van der Waals surface area (Å²) in [6.45, 7) is 5.87. The van der Waals surface area contributed by atoms with Crippen molar-refractivity contribution in [3.63, 3.8) is 0 Å². The van der Waals surface area contributed by atoms with E-state index in [1.54, 1.807) is 10.8 Å². The summed E-state index contributed by atoms with van der Waals surface area (Å²) in [5, 5.41) is 0. The van der Waals surface area contributed by atoms with E-state index < -0.39 is 0 Å². The van der Waals surface area contributed by atoms with Gasteiger partial charge in [0, 0.05) is 24.7 Å². The van der Waals surface area contributed by atoms with Crippen molar-refractivity contribution in [3.8, 4) is 0 Å². The molecule has 1 aromatic heterocycles. The molecule has 2 aliphatic heterocycles. The van der Waals surface area contributed by atoms with Gasteiger partial charge in [0.15, 0.2) is 0 Å². The van der Waals surface area contributed by atoms with E-state index in [0.717, 1.165) is 35.5 Å². The molecule has 2 aromatic rings. The van der Waals surface area contributed by atoms with Crippen LogP contribution in [0.5, 0.6) is 0 Å². The van der Waals surface area contributed by atoms with Gasteiger partial charge in [-0.3, -0.25) is 9.36 Å². The number of hydrogen-bond donors (Lipinski definition) is 0. The lowest BCUT2D eigenvalue weighted by molar-refractivity contribution is 0.0656. The van der Waals surface area contributed by atoms with Crippen LogP contribution in [0.15, 0.2) is 30.5 Å². The number of imidazole rings is 1. The van der Waals surface area contributed by atoms with E-state index in [1.807, 2.05) is 47.9 Å². The Labute approximate surface area is 147 Å². The normalized spacial score (nSPS) is 17.9. The number of piperidine rings is 1. The van der Waals surface area contributed by atoms with E-state index in [0.29, 0.717) is 19.6 Å². The number of aryl methyl sites for hydroxylation is 2. The topological polar surface area (TPSA) is 58.4 Å². The number of aromatic nitrogens is 2. The number of carbonyl (C=O) groups excluding carboxylic acids is 2. The van der Waals surface area contributed by atoms with Gasteiger partial charge in [0.1, 0.15) is 5.82 Å². The third-order valence-electron chi connectivity index (χ3n) is 5.27. The molecule has 0 bridgehead atoms. The van der Waals surface area contributed by atoms with Gasteiger partial charge in [0.05, 0.1) is 18.4 Å². The predicted molar refractivity (Wildman–Crippen MR) is 93.4 cm³/mol. The molecule has 3 heterocycles. The largest absolute Gasteiger partial charge is 0.338 e. The van der Waals surface area contributed by atoms with Crippen LogP contribution in [0.3, 0.4) is 0 Å². The number of amides is 2. The minimum absolute atomic E-state index is 0.0216. The summed E-state index contributed by atoms with van der Waals surface area (Å²) in [7, 11) is 0. The minimum atomic E-state index is 0.0216. The molecule has 0 saturated carbocycles. The number of fused-ring (bicyclic) bond motifs is 1. The van der Waals surface area contributed by atoms with Crippen LogP contribution in [0, 0.1) is 13.8 Å². The Hall–Kier alpha value is -2.63. The van der Waals surface area contributed by atoms with E-state index in [2.05, 4.69) is 4.98 Å². The van der Waals surface area contributed by atoms with Crippen molar-refractivity contribution in [3.05, 3.63) is 53.1 Å². The lowest BCUT2D eigenvalue weighted by atomic mass is 10.0. The van der Waals surface area contributed by atoms with Crippen LogP contribution < -0.4 is 0 Å². The van der Waals surface area contributed by atoms with Crippen LogP contribution in [0.4, 0.5) is 4.79 Å². The number of hydrogen-bond acceptors (Lipinski definition) is 3. The molecule has 2 aliphatic rings. The molecule has 0 atom stereocenters. The third kappa shape index (κ3) is 2.71. The Balaban J connectivity index is 1.40. The predicted octanol–water partition coefficient (Wildman–Crippen LogP) is 2.59. The maximum Gasteiger partial charge on any atom is 0.330 e. The monoisotopic (exact) mass is 338 g/mol. The van der Waals surface area contributed by atoms with Gasteiger partial charge in [-0.05, 0) is 38.8 Å². The Morgan fingerprint density at radius 3 is 2.44 bits per heavy atom. The highest BCUT2D eigenvalue weighted by atomic mass is 16.2. The maximum atomic E-state index is 12.6. The molecule has 0 unspecified atom stereocenters. The Bertz CT molecular complexity index is 816. The molecule has 0 N–H and O–H groups in total. The number of benzene rings is 1.